The lowest BCUT2D eigenvalue weighted by Crippen LogP contribution is -2.76. The summed E-state index contributed by atoms with van der Waals surface area (Å²) in [5, 5.41) is 12.3. The van der Waals surface area contributed by atoms with Gasteiger partial charge in [-0.3, -0.25) is 9.53 Å². The van der Waals surface area contributed by atoms with Gasteiger partial charge in [0.05, 0.1) is 17.0 Å². The van der Waals surface area contributed by atoms with E-state index in [0.29, 0.717) is 36.7 Å². The number of nitrogens with zero attached hydrogens (tertiary/aromatic N) is 3. The Hall–Kier alpha value is -2.53. The molecule has 4 saturated carbocycles. The minimum atomic E-state index is -4.63. The summed E-state index contributed by atoms with van der Waals surface area (Å²) in [7, 11) is 0. The van der Waals surface area contributed by atoms with E-state index in [0.717, 1.165) is 15.4 Å². The molecule has 4 aliphatic carbocycles. The van der Waals surface area contributed by atoms with Gasteiger partial charge in [-0.15, -0.1) is 23.4 Å². The summed E-state index contributed by atoms with van der Waals surface area (Å²) in [6.45, 7) is 0. The molecule has 0 aliphatic heterocycles. The van der Waals surface area contributed by atoms with Crippen molar-refractivity contribution in [2.75, 3.05) is 0 Å². The Morgan fingerprint density at radius 1 is 1.15 bits per heavy atom. The first-order valence-electron chi connectivity index (χ1n) is 10.6. The molecule has 0 atom stereocenters. The van der Waals surface area contributed by atoms with Gasteiger partial charge >= 0.3 is 6.36 Å². The molecule has 11 heteroatoms. The number of hydrogen-bond donors (Lipinski definition) is 1. The normalized spacial score (nSPS) is 30.3. The second-order valence-electron chi connectivity index (χ2n) is 9.38. The van der Waals surface area contributed by atoms with E-state index in [1.807, 2.05) is 24.3 Å². The van der Waals surface area contributed by atoms with Gasteiger partial charge < -0.3 is 9.73 Å². The number of alkyl halides is 3. The molecule has 1 amide bonds. The van der Waals surface area contributed by atoms with Gasteiger partial charge in [0, 0.05) is 21.3 Å². The number of benzene rings is 1. The molecule has 1 aromatic carbocycles. The van der Waals surface area contributed by atoms with Crippen molar-refractivity contribution in [1.29, 1.82) is 0 Å². The van der Waals surface area contributed by atoms with Crippen molar-refractivity contribution in [3.05, 3.63) is 52.3 Å². The van der Waals surface area contributed by atoms with Crippen molar-refractivity contribution < 1.29 is 27.1 Å². The first-order valence-corrected chi connectivity index (χ1v) is 11.4. The molecule has 4 fully saturated rings. The number of ether oxygens (including phenoxy) is 1. The fraction of sp³-hybridized carbons (Fsp3) is 0.455. The van der Waals surface area contributed by atoms with Crippen molar-refractivity contribution in [1.82, 2.24) is 20.5 Å². The largest absolute Gasteiger partial charge is 0.522 e. The van der Waals surface area contributed by atoms with Crippen LogP contribution in [-0.2, 0) is 10.2 Å². The van der Waals surface area contributed by atoms with Crippen LogP contribution in [0.4, 0.5) is 13.2 Å². The first kappa shape index (κ1) is 21.0. The second kappa shape index (κ2) is 6.99. The van der Waals surface area contributed by atoms with Gasteiger partial charge in [0.2, 0.25) is 11.8 Å². The lowest BCUT2D eigenvalue weighted by molar-refractivity contribution is -0.352. The Bertz CT molecular complexity index is 1250. The van der Waals surface area contributed by atoms with Crippen molar-refractivity contribution in [2.24, 2.45) is 0 Å². The molecule has 0 spiro atoms. The van der Waals surface area contributed by atoms with Gasteiger partial charge in [-0.2, -0.15) is 0 Å². The monoisotopic (exact) mass is 522 g/mol. The predicted octanol–water partition coefficient (Wildman–Crippen LogP) is 4.77. The van der Waals surface area contributed by atoms with Gasteiger partial charge in [-0.05, 0) is 56.4 Å². The second-order valence-corrected chi connectivity index (χ2v) is 10.3. The van der Waals surface area contributed by atoms with E-state index in [9.17, 15) is 18.0 Å². The van der Waals surface area contributed by atoms with Crippen LogP contribution in [0.15, 0.2) is 39.2 Å². The number of pyridine rings is 1. The molecule has 0 saturated heterocycles. The van der Waals surface area contributed by atoms with Crippen LogP contribution >= 0.6 is 15.9 Å². The van der Waals surface area contributed by atoms with Crippen LogP contribution in [0.3, 0.4) is 0 Å². The summed E-state index contributed by atoms with van der Waals surface area (Å²) in [5.41, 5.74) is 0.554. The molecule has 3 aromatic rings. The van der Waals surface area contributed by atoms with Crippen LogP contribution < -0.4 is 5.32 Å². The fourth-order valence-corrected chi connectivity index (χ4v) is 5.72. The quantitative estimate of drug-likeness (QED) is 0.519. The van der Waals surface area contributed by atoms with Crippen molar-refractivity contribution in [3.63, 3.8) is 0 Å². The summed E-state index contributed by atoms with van der Waals surface area (Å²) in [6, 6.07) is 9.27. The van der Waals surface area contributed by atoms with E-state index in [1.54, 1.807) is 6.07 Å². The number of nitrogens with one attached hydrogen (secondary N) is 1. The van der Waals surface area contributed by atoms with Crippen molar-refractivity contribution >= 4 is 32.7 Å². The third-order valence-electron chi connectivity index (χ3n) is 6.93. The Kier molecular flexibility index (Phi) is 4.45. The van der Waals surface area contributed by atoms with E-state index >= 15 is 0 Å². The van der Waals surface area contributed by atoms with Gasteiger partial charge in [-0.25, -0.2) is 4.98 Å². The highest BCUT2D eigenvalue weighted by atomic mass is 79.9. The first-order chi connectivity index (χ1) is 15.6. The molecule has 2 heterocycles. The van der Waals surface area contributed by atoms with E-state index < -0.39 is 12.5 Å². The third kappa shape index (κ3) is 3.61. The van der Waals surface area contributed by atoms with Crippen LogP contribution in [0.5, 0.6) is 0 Å². The number of aromatic nitrogens is 3. The maximum absolute atomic E-state index is 12.8. The lowest BCUT2D eigenvalue weighted by atomic mass is 9.39. The molecule has 2 aromatic heterocycles. The number of halogens is 4. The molecule has 0 unspecified atom stereocenters. The summed E-state index contributed by atoms with van der Waals surface area (Å²) in [5.74, 6) is 0.439. The zero-order chi connectivity index (χ0) is 23.0. The summed E-state index contributed by atoms with van der Waals surface area (Å²) >= 11 is 3.42. The minimum absolute atomic E-state index is 0.209. The Labute approximate surface area is 194 Å². The number of carbonyl (C=O) groups excluding carboxylic acids is 1. The number of fused-ring (bicyclic) bond motifs is 1. The molecule has 1 N–H and O–H groups in total. The van der Waals surface area contributed by atoms with Gasteiger partial charge in [-0.1, -0.05) is 22.0 Å². The van der Waals surface area contributed by atoms with Gasteiger partial charge in [0.1, 0.15) is 5.69 Å². The standard InChI is InChI=1S/C22H18BrF3N4O3/c23-13-2-4-15-11(5-13)1-3-16(27-15)17(31)28-21-8-20(9-21,10-21)19-30-29-18(32-19)12-6-14(7-12)33-22(24,25)26/h1-5,12,14H,6-10H2,(H,28,31). The zero-order valence-corrected chi connectivity index (χ0v) is 18.7. The topological polar surface area (TPSA) is 90.1 Å². The van der Waals surface area contributed by atoms with E-state index in [2.05, 4.69) is 41.2 Å². The van der Waals surface area contributed by atoms with Crippen molar-refractivity contribution in [2.45, 2.75) is 61.4 Å². The van der Waals surface area contributed by atoms with Crippen LogP contribution in [0.2, 0.25) is 0 Å². The molecule has 0 radical (unpaired) electrons. The maximum atomic E-state index is 12.8. The fourth-order valence-electron chi connectivity index (χ4n) is 5.34. The highest BCUT2D eigenvalue weighted by Gasteiger charge is 2.72. The smallest absolute Gasteiger partial charge is 0.424 e. The third-order valence-corrected chi connectivity index (χ3v) is 7.42. The summed E-state index contributed by atoms with van der Waals surface area (Å²) < 4.78 is 47.6. The molecular weight excluding hydrogens is 505 g/mol. The highest BCUT2D eigenvalue weighted by Crippen LogP contribution is 2.67. The van der Waals surface area contributed by atoms with E-state index in [-0.39, 0.29) is 35.6 Å². The van der Waals surface area contributed by atoms with E-state index in [4.69, 9.17) is 4.42 Å². The molecule has 4 aliphatic rings. The van der Waals surface area contributed by atoms with Gasteiger partial charge in [0.25, 0.3) is 5.91 Å². The Morgan fingerprint density at radius 2 is 1.91 bits per heavy atom. The molecule has 33 heavy (non-hydrogen) atoms. The number of hydrogen-bond acceptors (Lipinski definition) is 6. The predicted molar refractivity (Wildman–Crippen MR) is 112 cm³/mol. The number of rotatable bonds is 5. The van der Waals surface area contributed by atoms with Crippen LogP contribution in [0, 0.1) is 0 Å². The SMILES string of the molecule is O=C(NC12CC(c3nnc(C4CC(OC(F)(F)F)C4)o3)(C1)C2)c1ccc2cc(Br)ccc2n1. The average molecular weight is 523 g/mol. The number of amides is 1. The van der Waals surface area contributed by atoms with Crippen LogP contribution in [-0.4, -0.2) is 39.1 Å². The molecule has 172 valence electrons. The number of carbonyl (C=O) groups is 1. The van der Waals surface area contributed by atoms with Gasteiger partial charge in [0.15, 0.2) is 0 Å². The summed E-state index contributed by atoms with van der Waals surface area (Å²) in [4.78, 5) is 17.2. The van der Waals surface area contributed by atoms with E-state index in [1.165, 1.54) is 0 Å². The lowest BCUT2D eigenvalue weighted by Gasteiger charge is -2.68. The average Bonchev–Trinajstić information content (AvgIpc) is 3.13. The maximum Gasteiger partial charge on any atom is 0.522 e. The molecule has 7 rings (SSSR count). The molecule has 2 bridgehead atoms. The highest BCUT2D eigenvalue weighted by molar-refractivity contribution is 9.10. The minimum Gasteiger partial charge on any atom is -0.424 e. The van der Waals surface area contributed by atoms with Crippen molar-refractivity contribution in [3.8, 4) is 0 Å². The zero-order valence-electron chi connectivity index (χ0n) is 17.2. The molecule has 7 nitrogen and oxygen atoms in total. The Balaban J connectivity index is 1.06. The van der Waals surface area contributed by atoms with Crippen LogP contribution in [0.1, 0.15) is 60.3 Å². The summed E-state index contributed by atoms with van der Waals surface area (Å²) in [6.07, 6.45) is -2.98. The molecular formula is C22H18BrF3N4O3. The van der Waals surface area contributed by atoms with Crippen LogP contribution in [0.25, 0.3) is 10.9 Å². The Morgan fingerprint density at radius 3 is 2.64 bits per heavy atom.